The van der Waals surface area contributed by atoms with Gasteiger partial charge in [0.1, 0.15) is 18.5 Å². The Kier molecular flexibility index (Phi) is 6.76. The van der Waals surface area contributed by atoms with Gasteiger partial charge < -0.3 is 14.7 Å². The van der Waals surface area contributed by atoms with Gasteiger partial charge in [-0.1, -0.05) is 17.7 Å². The first-order valence-corrected chi connectivity index (χ1v) is 8.65. The van der Waals surface area contributed by atoms with E-state index in [1.165, 1.54) is 37.1 Å². The molecule has 0 aromatic heterocycles. The Morgan fingerprint density at radius 2 is 2.04 bits per heavy atom. The second-order valence-electron chi connectivity index (χ2n) is 6.27. The molecule has 1 amide bonds. The van der Waals surface area contributed by atoms with E-state index in [1.54, 1.807) is 18.2 Å². The molecule has 0 aliphatic rings. The number of aliphatic hydroxyl groups is 1. The van der Waals surface area contributed by atoms with Crippen molar-refractivity contribution in [1.29, 1.82) is 0 Å². The number of aryl methyl sites for hydroxylation is 1. The largest absolute Gasteiger partial charge is 0.491 e. The third kappa shape index (κ3) is 5.18. The highest BCUT2D eigenvalue weighted by molar-refractivity contribution is 6.31. The number of nitrogens with zero attached hydrogens (tertiary/aromatic N) is 2. The Bertz CT molecular complexity index is 856. The zero-order valence-electron chi connectivity index (χ0n) is 15.3. The molecule has 0 heterocycles. The Hall–Kier alpha value is -2.64. The average molecular weight is 393 g/mol. The molecule has 0 saturated carbocycles. The highest BCUT2D eigenvalue weighted by atomic mass is 35.5. The Morgan fingerprint density at radius 3 is 2.67 bits per heavy atom. The number of nitro benzene ring substituents is 1. The van der Waals surface area contributed by atoms with Gasteiger partial charge >= 0.3 is 0 Å². The van der Waals surface area contributed by atoms with Crippen LogP contribution < -0.4 is 4.74 Å². The minimum atomic E-state index is -0.922. The first-order valence-electron chi connectivity index (χ1n) is 8.27. The monoisotopic (exact) mass is 392 g/mol. The van der Waals surface area contributed by atoms with Crippen LogP contribution >= 0.6 is 11.6 Å². The van der Waals surface area contributed by atoms with Crippen LogP contribution in [0.15, 0.2) is 36.4 Å². The summed E-state index contributed by atoms with van der Waals surface area (Å²) < 4.78 is 5.53. The minimum absolute atomic E-state index is 0.00733. The topological polar surface area (TPSA) is 92.9 Å². The predicted molar refractivity (Wildman–Crippen MR) is 102 cm³/mol. The zero-order chi connectivity index (χ0) is 20.1. The van der Waals surface area contributed by atoms with Gasteiger partial charge in [-0.2, -0.15) is 0 Å². The first-order chi connectivity index (χ1) is 12.7. The number of benzene rings is 2. The van der Waals surface area contributed by atoms with Crippen molar-refractivity contribution >= 4 is 23.2 Å². The fraction of sp³-hybridized carbons (Fsp3) is 0.316. The van der Waals surface area contributed by atoms with Crippen LogP contribution in [0.2, 0.25) is 5.02 Å². The SMILES string of the molecule is Cc1cc(OC[C@@H](O)CN(C)C(=O)c2cccc([N+](=O)[O-])c2C)ccc1Cl. The molecule has 2 rings (SSSR count). The third-order valence-corrected chi connectivity index (χ3v) is 4.56. The van der Waals surface area contributed by atoms with Crippen LogP contribution in [0.1, 0.15) is 21.5 Å². The van der Waals surface area contributed by atoms with Crippen LogP contribution in [0.5, 0.6) is 5.75 Å². The van der Waals surface area contributed by atoms with Gasteiger partial charge in [0.15, 0.2) is 0 Å². The first kappa shape index (κ1) is 20.7. The van der Waals surface area contributed by atoms with Gasteiger partial charge in [0, 0.05) is 35.8 Å². The molecule has 2 aromatic rings. The summed E-state index contributed by atoms with van der Waals surface area (Å²) in [6.07, 6.45) is -0.922. The van der Waals surface area contributed by atoms with Crippen molar-refractivity contribution in [2.75, 3.05) is 20.2 Å². The highest BCUT2D eigenvalue weighted by Crippen LogP contribution is 2.23. The van der Waals surface area contributed by atoms with Crippen LogP contribution in [0.4, 0.5) is 5.69 Å². The molecule has 8 heteroatoms. The predicted octanol–water partition coefficient (Wildman–Crippen LogP) is 3.38. The molecular weight excluding hydrogens is 372 g/mol. The van der Waals surface area contributed by atoms with Crippen LogP contribution in [0, 0.1) is 24.0 Å². The van der Waals surface area contributed by atoms with Gasteiger partial charge in [0.25, 0.3) is 11.6 Å². The zero-order valence-corrected chi connectivity index (χ0v) is 16.1. The van der Waals surface area contributed by atoms with E-state index in [2.05, 4.69) is 0 Å². The second-order valence-corrected chi connectivity index (χ2v) is 6.68. The molecule has 27 heavy (non-hydrogen) atoms. The number of aliphatic hydroxyl groups excluding tert-OH is 1. The molecule has 0 spiro atoms. The normalized spacial score (nSPS) is 11.7. The van der Waals surface area contributed by atoms with E-state index in [1.807, 2.05) is 6.92 Å². The lowest BCUT2D eigenvalue weighted by Crippen LogP contribution is -2.37. The van der Waals surface area contributed by atoms with E-state index < -0.39 is 16.9 Å². The molecule has 144 valence electrons. The number of hydrogen-bond acceptors (Lipinski definition) is 5. The molecule has 1 N–H and O–H groups in total. The maximum Gasteiger partial charge on any atom is 0.273 e. The molecule has 0 saturated heterocycles. The van der Waals surface area contributed by atoms with Crippen LogP contribution in [-0.4, -0.2) is 47.1 Å². The van der Waals surface area contributed by atoms with Crippen LogP contribution in [-0.2, 0) is 0 Å². The van der Waals surface area contributed by atoms with Crippen molar-refractivity contribution in [1.82, 2.24) is 4.90 Å². The van der Waals surface area contributed by atoms with Gasteiger partial charge in [-0.15, -0.1) is 0 Å². The maximum absolute atomic E-state index is 12.6. The van der Waals surface area contributed by atoms with Crippen molar-refractivity contribution < 1.29 is 19.6 Å². The third-order valence-electron chi connectivity index (χ3n) is 4.14. The molecule has 0 unspecified atom stereocenters. The summed E-state index contributed by atoms with van der Waals surface area (Å²) in [5, 5.41) is 21.8. The number of nitro groups is 1. The van der Waals surface area contributed by atoms with Crippen molar-refractivity contribution in [2.24, 2.45) is 0 Å². The van der Waals surface area contributed by atoms with Gasteiger partial charge in [-0.3, -0.25) is 14.9 Å². The van der Waals surface area contributed by atoms with E-state index >= 15 is 0 Å². The molecule has 0 aliphatic heterocycles. The van der Waals surface area contributed by atoms with E-state index in [0.29, 0.717) is 16.3 Å². The summed E-state index contributed by atoms with van der Waals surface area (Å²) in [6, 6.07) is 9.51. The van der Waals surface area contributed by atoms with E-state index in [0.717, 1.165) is 5.56 Å². The second kappa shape index (κ2) is 8.83. The van der Waals surface area contributed by atoms with E-state index in [9.17, 15) is 20.0 Å². The molecule has 7 nitrogen and oxygen atoms in total. The number of hydrogen-bond donors (Lipinski definition) is 1. The molecule has 0 bridgehead atoms. The molecule has 2 aromatic carbocycles. The molecular formula is C19H21ClN2O5. The number of likely N-dealkylation sites (N-methyl/N-ethyl adjacent to an activating group) is 1. The fourth-order valence-electron chi connectivity index (χ4n) is 2.61. The molecule has 0 fully saturated rings. The Balaban J connectivity index is 1.98. The van der Waals surface area contributed by atoms with Crippen molar-refractivity contribution in [2.45, 2.75) is 20.0 Å². The number of carbonyl (C=O) groups excluding carboxylic acids is 1. The highest BCUT2D eigenvalue weighted by Gasteiger charge is 2.22. The quantitative estimate of drug-likeness (QED) is 0.576. The summed E-state index contributed by atoms with van der Waals surface area (Å²) in [7, 11) is 1.52. The van der Waals surface area contributed by atoms with Gasteiger partial charge in [0.2, 0.25) is 0 Å². The Morgan fingerprint density at radius 1 is 1.33 bits per heavy atom. The van der Waals surface area contributed by atoms with Gasteiger partial charge in [-0.05, 0) is 43.7 Å². The summed E-state index contributed by atoms with van der Waals surface area (Å²) in [5.41, 5.74) is 1.27. The van der Waals surface area contributed by atoms with Crippen LogP contribution in [0.3, 0.4) is 0 Å². The fourth-order valence-corrected chi connectivity index (χ4v) is 2.73. The maximum atomic E-state index is 12.6. The van der Waals surface area contributed by atoms with Crippen LogP contribution in [0.25, 0.3) is 0 Å². The van der Waals surface area contributed by atoms with Gasteiger partial charge in [-0.25, -0.2) is 0 Å². The average Bonchev–Trinajstić information content (AvgIpc) is 2.62. The minimum Gasteiger partial charge on any atom is -0.491 e. The standard InChI is InChI=1S/C19H21ClN2O5/c1-12-9-15(7-8-17(12)20)27-11-14(23)10-21(3)19(24)16-5-4-6-18(13(16)2)22(25)26/h4-9,14,23H,10-11H2,1-3H3/t14-/m0/s1. The van der Waals surface area contributed by atoms with Crippen molar-refractivity contribution in [3.63, 3.8) is 0 Å². The lowest BCUT2D eigenvalue weighted by molar-refractivity contribution is -0.385. The van der Waals surface area contributed by atoms with E-state index in [4.69, 9.17) is 16.3 Å². The van der Waals surface area contributed by atoms with Crippen molar-refractivity contribution in [3.05, 3.63) is 68.2 Å². The molecule has 0 aliphatic carbocycles. The van der Waals surface area contributed by atoms with E-state index in [-0.39, 0.29) is 24.4 Å². The summed E-state index contributed by atoms with van der Waals surface area (Å²) in [5.74, 6) is 0.164. The summed E-state index contributed by atoms with van der Waals surface area (Å²) >= 11 is 5.96. The number of amides is 1. The summed E-state index contributed by atoms with van der Waals surface area (Å²) in [4.78, 5) is 24.4. The number of halogens is 1. The Labute approximate surface area is 162 Å². The molecule has 1 atom stereocenters. The molecule has 0 radical (unpaired) electrons. The number of ether oxygens (including phenoxy) is 1. The lowest BCUT2D eigenvalue weighted by Gasteiger charge is -2.22. The summed E-state index contributed by atoms with van der Waals surface area (Å²) in [6.45, 7) is 3.39. The number of rotatable bonds is 7. The lowest BCUT2D eigenvalue weighted by atomic mass is 10.1. The van der Waals surface area contributed by atoms with Gasteiger partial charge in [0.05, 0.1) is 4.92 Å². The number of carbonyl (C=O) groups is 1. The smallest absolute Gasteiger partial charge is 0.273 e. The van der Waals surface area contributed by atoms with Crippen molar-refractivity contribution in [3.8, 4) is 5.75 Å².